The van der Waals surface area contributed by atoms with Crippen LogP contribution in [-0.2, 0) is 0 Å². The first kappa shape index (κ1) is 22.9. The highest BCUT2D eigenvalue weighted by Gasteiger charge is 2.17. The molecule has 168 valence electrons. The van der Waals surface area contributed by atoms with Crippen molar-refractivity contribution in [2.75, 3.05) is 46.5 Å². The van der Waals surface area contributed by atoms with E-state index in [2.05, 4.69) is 17.3 Å². The zero-order valence-electron chi connectivity index (χ0n) is 18.6. The molecule has 0 aromatic heterocycles. The average Bonchev–Trinajstić information content (AvgIpc) is 2.79. The number of rotatable bonds is 11. The van der Waals surface area contributed by atoms with Gasteiger partial charge in [0, 0.05) is 12.1 Å². The minimum atomic E-state index is -0.0761. The molecule has 3 rings (SSSR count). The van der Waals surface area contributed by atoms with Gasteiger partial charge in [0.15, 0.2) is 11.5 Å². The Hall–Kier alpha value is -2.73. The molecule has 0 spiro atoms. The number of para-hydroxylation sites is 1. The van der Waals surface area contributed by atoms with Gasteiger partial charge >= 0.3 is 0 Å². The van der Waals surface area contributed by atoms with Gasteiger partial charge in [-0.15, -0.1) is 0 Å². The molecule has 0 radical (unpaired) electrons. The molecule has 0 aliphatic carbocycles. The first-order valence-electron chi connectivity index (χ1n) is 11.2. The van der Waals surface area contributed by atoms with Gasteiger partial charge in [0.05, 0.1) is 6.61 Å². The molecule has 1 amide bonds. The second kappa shape index (κ2) is 12.2. The Labute approximate surface area is 185 Å². The zero-order valence-corrected chi connectivity index (χ0v) is 18.6. The van der Waals surface area contributed by atoms with E-state index in [9.17, 15) is 4.79 Å². The number of benzene rings is 2. The number of likely N-dealkylation sites (tertiary alicyclic amines) is 1. The van der Waals surface area contributed by atoms with Crippen LogP contribution < -0.4 is 19.5 Å². The Morgan fingerprint density at radius 2 is 1.74 bits per heavy atom. The molecule has 31 heavy (non-hydrogen) atoms. The molecule has 6 heteroatoms. The number of ether oxygens (including phenoxy) is 3. The Bertz CT molecular complexity index is 804. The number of nitrogens with one attached hydrogen (secondary N) is 1. The largest absolute Gasteiger partial charge is 0.490 e. The predicted octanol–water partition coefficient (Wildman–Crippen LogP) is 4.00. The van der Waals surface area contributed by atoms with Crippen molar-refractivity contribution >= 4 is 5.91 Å². The molecular weight excluding hydrogens is 392 g/mol. The summed E-state index contributed by atoms with van der Waals surface area (Å²) in [5.74, 6) is 2.62. The summed E-state index contributed by atoms with van der Waals surface area (Å²) in [5.41, 5.74) is 0.583. The van der Waals surface area contributed by atoms with Gasteiger partial charge in [0.2, 0.25) is 0 Å². The minimum absolute atomic E-state index is 0.0761. The third kappa shape index (κ3) is 7.47. The van der Waals surface area contributed by atoms with Gasteiger partial charge in [-0.1, -0.05) is 18.2 Å². The van der Waals surface area contributed by atoms with E-state index in [0.29, 0.717) is 49.3 Å². The van der Waals surface area contributed by atoms with E-state index >= 15 is 0 Å². The van der Waals surface area contributed by atoms with Gasteiger partial charge < -0.3 is 24.4 Å². The number of piperidine rings is 1. The van der Waals surface area contributed by atoms with Crippen LogP contribution >= 0.6 is 0 Å². The highest BCUT2D eigenvalue weighted by molar-refractivity contribution is 5.94. The summed E-state index contributed by atoms with van der Waals surface area (Å²) in [6.07, 6.45) is 3.45. The van der Waals surface area contributed by atoms with E-state index in [0.717, 1.165) is 25.3 Å². The normalized spacial score (nSPS) is 14.8. The van der Waals surface area contributed by atoms with E-state index in [1.54, 1.807) is 18.2 Å². The molecule has 1 fully saturated rings. The van der Waals surface area contributed by atoms with E-state index in [1.807, 2.05) is 37.3 Å². The number of hydrogen-bond acceptors (Lipinski definition) is 5. The van der Waals surface area contributed by atoms with Crippen molar-refractivity contribution in [1.29, 1.82) is 0 Å². The zero-order chi connectivity index (χ0) is 21.9. The first-order chi connectivity index (χ1) is 15.2. The molecule has 0 saturated carbocycles. The van der Waals surface area contributed by atoms with Crippen LogP contribution in [0, 0.1) is 5.92 Å². The average molecular weight is 427 g/mol. The lowest BCUT2D eigenvalue weighted by Gasteiger charge is -2.28. The molecule has 0 bridgehead atoms. The summed E-state index contributed by atoms with van der Waals surface area (Å²) < 4.78 is 17.2. The maximum atomic E-state index is 12.6. The van der Waals surface area contributed by atoms with Crippen molar-refractivity contribution in [2.45, 2.75) is 26.2 Å². The second-order valence-corrected chi connectivity index (χ2v) is 7.90. The van der Waals surface area contributed by atoms with Crippen molar-refractivity contribution in [2.24, 2.45) is 5.92 Å². The van der Waals surface area contributed by atoms with Gasteiger partial charge in [-0.25, -0.2) is 0 Å². The van der Waals surface area contributed by atoms with Crippen LogP contribution in [0.4, 0.5) is 0 Å². The monoisotopic (exact) mass is 426 g/mol. The Kier molecular flexibility index (Phi) is 9.03. The van der Waals surface area contributed by atoms with E-state index in [4.69, 9.17) is 14.2 Å². The summed E-state index contributed by atoms with van der Waals surface area (Å²) in [5, 5.41) is 3.05. The molecule has 0 atom stereocenters. The summed E-state index contributed by atoms with van der Waals surface area (Å²) in [6, 6.07) is 14.9. The van der Waals surface area contributed by atoms with E-state index < -0.39 is 0 Å². The number of carbonyl (C=O) groups excluding carboxylic acids is 1. The number of nitrogens with zero attached hydrogens (tertiary/aromatic N) is 1. The first-order valence-corrected chi connectivity index (χ1v) is 11.2. The predicted molar refractivity (Wildman–Crippen MR) is 122 cm³/mol. The quantitative estimate of drug-likeness (QED) is 0.550. The number of carbonyl (C=O) groups is 1. The van der Waals surface area contributed by atoms with Gasteiger partial charge in [-0.05, 0) is 82.6 Å². The van der Waals surface area contributed by atoms with Crippen molar-refractivity contribution in [3.05, 3.63) is 54.1 Å². The fourth-order valence-electron chi connectivity index (χ4n) is 3.71. The maximum Gasteiger partial charge on any atom is 0.251 e. The number of hydrogen-bond donors (Lipinski definition) is 1. The Balaban J connectivity index is 1.47. The molecular formula is C25H34N2O4. The van der Waals surface area contributed by atoms with Crippen molar-refractivity contribution < 1.29 is 19.0 Å². The molecule has 6 nitrogen and oxygen atoms in total. The topological polar surface area (TPSA) is 60.0 Å². The smallest absolute Gasteiger partial charge is 0.251 e. The lowest BCUT2D eigenvalue weighted by atomic mass is 9.94. The number of amides is 1. The molecule has 1 N–H and O–H groups in total. The van der Waals surface area contributed by atoms with E-state index in [1.165, 1.54) is 12.8 Å². The van der Waals surface area contributed by atoms with Crippen LogP contribution in [-0.4, -0.2) is 57.3 Å². The van der Waals surface area contributed by atoms with Crippen LogP contribution in [0.3, 0.4) is 0 Å². The van der Waals surface area contributed by atoms with E-state index in [-0.39, 0.29) is 5.91 Å². The van der Waals surface area contributed by atoms with Crippen LogP contribution in [0.15, 0.2) is 48.5 Å². The highest BCUT2D eigenvalue weighted by atomic mass is 16.5. The van der Waals surface area contributed by atoms with Crippen LogP contribution in [0.25, 0.3) is 0 Å². The maximum absolute atomic E-state index is 12.6. The molecule has 0 unspecified atom stereocenters. The lowest BCUT2D eigenvalue weighted by Crippen LogP contribution is -2.32. The highest BCUT2D eigenvalue weighted by Crippen LogP contribution is 2.28. The SMILES string of the molecule is CCOc1cc(C(=O)NCCC2CCN(C)CC2)ccc1OCCOc1ccccc1. The summed E-state index contributed by atoms with van der Waals surface area (Å²) in [4.78, 5) is 15.0. The lowest BCUT2D eigenvalue weighted by molar-refractivity contribution is 0.0948. The molecule has 1 aliphatic heterocycles. The summed E-state index contributed by atoms with van der Waals surface area (Å²) in [6.45, 7) is 6.22. The van der Waals surface area contributed by atoms with Crippen LogP contribution in [0.2, 0.25) is 0 Å². The minimum Gasteiger partial charge on any atom is -0.490 e. The van der Waals surface area contributed by atoms with Crippen molar-refractivity contribution in [1.82, 2.24) is 10.2 Å². The van der Waals surface area contributed by atoms with Gasteiger partial charge in [0.25, 0.3) is 5.91 Å². The summed E-state index contributed by atoms with van der Waals surface area (Å²) in [7, 11) is 2.16. The van der Waals surface area contributed by atoms with Crippen LogP contribution in [0.1, 0.15) is 36.5 Å². The van der Waals surface area contributed by atoms with Crippen molar-refractivity contribution in [3.63, 3.8) is 0 Å². The Morgan fingerprint density at radius 3 is 2.48 bits per heavy atom. The summed E-state index contributed by atoms with van der Waals surface area (Å²) >= 11 is 0. The molecule has 2 aromatic carbocycles. The molecule has 2 aromatic rings. The third-order valence-electron chi connectivity index (χ3n) is 5.53. The van der Waals surface area contributed by atoms with Gasteiger partial charge in [-0.2, -0.15) is 0 Å². The van der Waals surface area contributed by atoms with Gasteiger partial charge in [0.1, 0.15) is 19.0 Å². The van der Waals surface area contributed by atoms with Crippen molar-refractivity contribution in [3.8, 4) is 17.2 Å². The Morgan fingerprint density at radius 1 is 1.00 bits per heavy atom. The standard InChI is InChI=1S/C25H34N2O4/c1-3-29-24-19-21(25(28)26-14-11-20-12-15-27(2)16-13-20)9-10-23(24)31-18-17-30-22-7-5-4-6-8-22/h4-10,19-20H,3,11-18H2,1-2H3,(H,26,28). The fraction of sp³-hybridized carbons (Fsp3) is 0.480. The molecule has 1 saturated heterocycles. The fourth-order valence-corrected chi connectivity index (χ4v) is 3.71. The molecule has 1 heterocycles. The third-order valence-corrected chi connectivity index (χ3v) is 5.53. The molecule has 1 aliphatic rings. The van der Waals surface area contributed by atoms with Gasteiger partial charge in [-0.3, -0.25) is 4.79 Å². The van der Waals surface area contributed by atoms with Crippen LogP contribution in [0.5, 0.6) is 17.2 Å². The second-order valence-electron chi connectivity index (χ2n) is 7.90.